The SMILES string of the molecule is CCC[Si](C)(C)C.CCC[Si](C)(C)C.[CH3-].[CH3-].[Ni+2]. The molecule has 0 aromatic carbocycles. The predicted molar refractivity (Wildman–Crippen MR) is 89.7 cm³/mol. The van der Waals surface area contributed by atoms with Crippen LogP contribution in [0.4, 0.5) is 0 Å². The van der Waals surface area contributed by atoms with Gasteiger partial charge in [-0.05, 0) is 0 Å². The van der Waals surface area contributed by atoms with Crippen molar-refractivity contribution in [3.63, 3.8) is 0 Å². The van der Waals surface area contributed by atoms with Crippen LogP contribution in [0, 0.1) is 14.9 Å². The minimum atomic E-state index is -0.657. The van der Waals surface area contributed by atoms with Crippen LogP contribution in [-0.4, -0.2) is 16.1 Å². The zero-order valence-electron chi connectivity index (χ0n) is 14.1. The molecule has 0 rings (SSSR count). The summed E-state index contributed by atoms with van der Waals surface area (Å²) in [4.78, 5) is 0. The van der Waals surface area contributed by atoms with Gasteiger partial charge in [0.05, 0.1) is 0 Å². The first-order valence-electron chi connectivity index (χ1n) is 6.12. The van der Waals surface area contributed by atoms with E-state index in [1.54, 1.807) is 0 Å². The number of hydrogen-bond acceptors (Lipinski definition) is 0. The Morgan fingerprint density at radius 3 is 0.765 bits per heavy atom. The van der Waals surface area contributed by atoms with Gasteiger partial charge >= 0.3 is 16.5 Å². The maximum Gasteiger partial charge on any atom is 2.00 e. The molecule has 112 valence electrons. The van der Waals surface area contributed by atoms with E-state index < -0.39 is 16.1 Å². The summed E-state index contributed by atoms with van der Waals surface area (Å²) in [6.45, 7) is 19.0. The summed E-state index contributed by atoms with van der Waals surface area (Å²) in [5, 5.41) is 0. The standard InChI is InChI=1S/2C6H16Si.2CH3.Ni/c2*1-5-6-7(2,3)4;;;/h2*5-6H2,1-4H3;2*1H3;/q;;2*-1;+2. The van der Waals surface area contributed by atoms with Crippen molar-refractivity contribution in [3.05, 3.63) is 14.9 Å². The second-order valence-corrected chi connectivity index (χ2v) is 17.9. The first-order chi connectivity index (χ1) is 6.12. The van der Waals surface area contributed by atoms with Crippen molar-refractivity contribution in [2.75, 3.05) is 0 Å². The maximum atomic E-state index is 2.41. The Kier molecular flexibility index (Phi) is 27.1. The van der Waals surface area contributed by atoms with E-state index >= 15 is 0 Å². The van der Waals surface area contributed by atoms with Crippen molar-refractivity contribution in [1.82, 2.24) is 0 Å². The van der Waals surface area contributed by atoms with Gasteiger partial charge < -0.3 is 14.9 Å². The third-order valence-corrected chi connectivity index (χ3v) is 6.00. The van der Waals surface area contributed by atoms with Crippen molar-refractivity contribution in [2.24, 2.45) is 0 Å². The minimum absolute atomic E-state index is 0. The Morgan fingerprint density at radius 2 is 0.765 bits per heavy atom. The first-order valence-corrected chi connectivity index (χ1v) is 13.5. The van der Waals surface area contributed by atoms with Crippen molar-refractivity contribution in [3.8, 4) is 0 Å². The van der Waals surface area contributed by atoms with Gasteiger partial charge in [0.25, 0.3) is 0 Å². The maximum absolute atomic E-state index is 2.41. The van der Waals surface area contributed by atoms with Crippen LogP contribution in [0.25, 0.3) is 0 Å². The molecular formula is C14H38NiSi2. The smallest absolute Gasteiger partial charge is 0.358 e. The van der Waals surface area contributed by atoms with Gasteiger partial charge in [0, 0.05) is 16.1 Å². The van der Waals surface area contributed by atoms with Gasteiger partial charge in [-0.2, -0.15) is 0 Å². The molecule has 0 nitrogen and oxygen atoms in total. The molecule has 0 aromatic rings. The van der Waals surface area contributed by atoms with Gasteiger partial charge in [0.2, 0.25) is 0 Å². The predicted octanol–water partition coefficient (Wildman–Crippen LogP) is 6.37. The Hall–Kier alpha value is 0.927. The Bertz CT molecular complexity index is 107. The normalized spacial score (nSPS) is 9.88. The van der Waals surface area contributed by atoms with Crippen LogP contribution in [-0.2, 0) is 16.5 Å². The molecule has 0 heterocycles. The molecule has 0 unspecified atom stereocenters. The summed E-state index contributed by atoms with van der Waals surface area (Å²) >= 11 is 0. The van der Waals surface area contributed by atoms with E-state index in [0.717, 1.165) is 0 Å². The van der Waals surface area contributed by atoms with Crippen molar-refractivity contribution in [2.45, 2.75) is 78.1 Å². The molecule has 0 radical (unpaired) electrons. The zero-order valence-corrected chi connectivity index (χ0v) is 17.1. The van der Waals surface area contributed by atoms with Crippen LogP contribution in [0.5, 0.6) is 0 Å². The Labute approximate surface area is 125 Å². The molecule has 0 saturated carbocycles. The molecule has 0 saturated heterocycles. The second-order valence-electron chi connectivity index (χ2n) is 6.62. The molecule has 0 aromatic heterocycles. The number of hydrogen-bond donors (Lipinski definition) is 0. The van der Waals surface area contributed by atoms with Gasteiger partial charge in [-0.3, -0.25) is 0 Å². The summed E-state index contributed by atoms with van der Waals surface area (Å²) in [5.41, 5.74) is 0. The molecule has 0 aliphatic carbocycles. The Morgan fingerprint density at radius 1 is 0.588 bits per heavy atom. The van der Waals surface area contributed by atoms with Gasteiger partial charge in [0.15, 0.2) is 0 Å². The molecule has 3 heteroatoms. The van der Waals surface area contributed by atoms with Crippen LogP contribution in [0.3, 0.4) is 0 Å². The van der Waals surface area contributed by atoms with Crippen LogP contribution in [0.1, 0.15) is 26.7 Å². The second kappa shape index (κ2) is 15.0. The van der Waals surface area contributed by atoms with E-state index in [9.17, 15) is 0 Å². The number of rotatable bonds is 4. The van der Waals surface area contributed by atoms with Crippen molar-refractivity contribution < 1.29 is 16.5 Å². The van der Waals surface area contributed by atoms with E-state index in [4.69, 9.17) is 0 Å². The van der Waals surface area contributed by atoms with Crippen molar-refractivity contribution >= 4 is 16.1 Å². The summed E-state index contributed by atoms with van der Waals surface area (Å²) in [6.07, 6.45) is 2.74. The monoisotopic (exact) mass is 320 g/mol. The topological polar surface area (TPSA) is 0 Å². The molecule has 0 bridgehead atoms. The molecule has 0 spiro atoms. The molecule has 0 fully saturated rings. The summed E-state index contributed by atoms with van der Waals surface area (Å²) in [7, 11) is -1.31. The average Bonchev–Trinajstić information content (AvgIpc) is 1.81. The summed E-state index contributed by atoms with van der Waals surface area (Å²) in [5.74, 6) is 0. The Balaban J connectivity index is -0.0000000480. The van der Waals surface area contributed by atoms with Crippen LogP contribution < -0.4 is 0 Å². The molecular weight excluding hydrogens is 283 g/mol. The summed E-state index contributed by atoms with van der Waals surface area (Å²) < 4.78 is 0. The molecule has 0 amide bonds. The van der Waals surface area contributed by atoms with E-state index in [-0.39, 0.29) is 31.3 Å². The van der Waals surface area contributed by atoms with Gasteiger partial charge in [-0.1, -0.05) is 78.1 Å². The van der Waals surface area contributed by atoms with Crippen LogP contribution in [0.15, 0.2) is 0 Å². The fraction of sp³-hybridized carbons (Fsp3) is 0.857. The molecule has 17 heavy (non-hydrogen) atoms. The van der Waals surface area contributed by atoms with Gasteiger partial charge in [-0.15, -0.1) is 0 Å². The van der Waals surface area contributed by atoms with Crippen LogP contribution in [0.2, 0.25) is 51.4 Å². The molecule has 0 aliphatic rings. The van der Waals surface area contributed by atoms with E-state index in [1.807, 2.05) is 0 Å². The summed E-state index contributed by atoms with van der Waals surface area (Å²) in [6, 6.07) is 2.96. The molecule has 0 aliphatic heterocycles. The van der Waals surface area contributed by atoms with Crippen LogP contribution >= 0.6 is 0 Å². The first kappa shape index (κ1) is 30.7. The van der Waals surface area contributed by atoms with Gasteiger partial charge in [0.1, 0.15) is 0 Å². The molecule has 0 N–H and O–H groups in total. The van der Waals surface area contributed by atoms with E-state index in [2.05, 4.69) is 53.1 Å². The third kappa shape index (κ3) is 47.3. The molecule has 0 atom stereocenters. The van der Waals surface area contributed by atoms with E-state index in [0.29, 0.717) is 0 Å². The van der Waals surface area contributed by atoms with Crippen molar-refractivity contribution in [1.29, 1.82) is 0 Å². The van der Waals surface area contributed by atoms with E-state index in [1.165, 1.54) is 24.9 Å². The largest absolute Gasteiger partial charge is 2.00 e. The quantitative estimate of drug-likeness (QED) is 0.417. The fourth-order valence-electron chi connectivity index (χ4n) is 1.50. The van der Waals surface area contributed by atoms with Gasteiger partial charge in [-0.25, -0.2) is 0 Å². The average molecular weight is 321 g/mol. The minimum Gasteiger partial charge on any atom is -0.358 e. The zero-order chi connectivity index (χ0) is 11.8. The third-order valence-electron chi connectivity index (χ3n) is 2.00. The fourth-order valence-corrected chi connectivity index (χ4v) is 4.50.